The quantitative estimate of drug-likeness (QED) is 0.730. The fourth-order valence-corrected chi connectivity index (χ4v) is 4.41. The first-order valence-corrected chi connectivity index (χ1v) is 9.64. The minimum Gasteiger partial charge on any atom is -0.317 e. The summed E-state index contributed by atoms with van der Waals surface area (Å²) < 4.78 is 26.9. The molecule has 0 aromatic rings. The van der Waals surface area contributed by atoms with Gasteiger partial charge in [0.25, 0.3) is 0 Å². The normalized spacial score (nSPS) is 24.1. The highest BCUT2D eigenvalue weighted by Gasteiger charge is 2.21. The predicted octanol–water partition coefficient (Wildman–Crippen LogP) is 0.780. The molecule has 2 N–H and O–H groups in total. The van der Waals surface area contributed by atoms with Gasteiger partial charge in [-0.05, 0) is 71.1 Å². The van der Waals surface area contributed by atoms with Crippen molar-refractivity contribution in [3.05, 3.63) is 0 Å². The standard InChI is InChI=1S/C14H29N3O2S/c1-13(17-9-2-3-10-17)12-16-20(18,19)11-6-14-4-7-15-8-5-14/h13-16H,2-12H2,1H3. The minimum atomic E-state index is -3.10. The van der Waals surface area contributed by atoms with E-state index in [1.807, 2.05) is 0 Å². The summed E-state index contributed by atoms with van der Waals surface area (Å²) >= 11 is 0. The molecule has 2 aliphatic heterocycles. The molecule has 0 saturated carbocycles. The van der Waals surface area contributed by atoms with Gasteiger partial charge in [-0.15, -0.1) is 0 Å². The third-order valence-corrected chi connectivity index (χ3v) is 6.00. The number of likely N-dealkylation sites (tertiary alicyclic amines) is 1. The van der Waals surface area contributed by atoms with Gasteiger partial charge in [0.1, 0.15) is 0 Å². The lowest BCUT2D eigenvalue weighted by atomic mass is 9.96. The van der Waals surface area contributed by atoms with Crippen molar-refractivity contribution in [3.63, 3.8) is 0 Å². The molecule has 2 fully saturated rings. The molecule has 0 aromatic heterocycles. The summed E-state index contributed by atoms with van der Waals surface area (Å²) in [5.74, 6) is 0.855. The van der Waals surface area contributed by atoms with Crippen molar-refractivity contribution in [1.82, 2.24) is 14.9 Å². The topological polar surface area (TPSA) is 61.4 Å². The van der Waals surface area contributed by atoms with Gasteiger partial charge >= 0.3 is 0 Å². The number of hydrogen-bond acceptors (Lipinski definition) is 4. The molecule has 0 aromatic carbocycles. The Bertz CT molecular complexity index is 374. The minimum absolute atomic E-state index is 0.282. The van der Waals surface area contributed by atoms with Crippen LogP contribution in [0.5, 0.6) is 0 Å². The van der Waals surface area contributed by atoms with E-state index in [1.165, 1.54) is 12.8 Å². The SMILES string of the molecule is CC(CNS(=O)(=O)CCC1CCNCC1)N1CCCC1. The van der Waals surface area contributed by atoms with E-state index in [-0.39, 0.29) is 5.75 Å². The Morgan fingerprint density at radius 3 is 2.55 bits per heavy atom. The van der Waals surface area contributed by atoms with Crippen LogP contribution in [0.25, 0.3) is 0 Å². The summed E-state index contributed by atoms with van der Waals surface area (Å²) in [5.41, 5.74) is 0. The van der Waals surface area contributed by atoms with Crippen LogP contribution in [0.3, 0.4) is 0 Å². The molecule has 0 spiro atoms. The second kappa shape index (κ2) is 7.73. The Morgan fingerprint density at radius 2 is 1.90 bits per heavy atom. The molecule has 5 nitrogen and oxygen atoms in total. The Balaban J connectivity index is 1.67. The summed E-state index contributed by atoms with van der Waals surface area (Å²) in [6.07, 6.45) is 5.51. The van der Waals surface area contributed by atoms with Gasteiger partial charge in [0.05, 0.1) is 5.75 Å². The van der Waals surface area contributed by atoms with E-state index in [2.05, 4.69) is 21.9 Å². The average molecular weight is 303 g/mol. The van der Waals surface area contributed by atoms with Crippen LogP contribution >= 0.6 is 0 Å². The molecule has 0 aliphatic carbocycles. The van der Waals surface area contributed by atoms with E-state index < -0.39 is 10.0 Å². The van der Waals surface area contributed by atoms with Crippen molar-refractivity contribution >= 4 is 10.0 Å². The van der Waals surface area contributed by atoms with Crippen LogP contribution in [-0.2, 0) is 10.0 Å². The molecule has 2 saturated heterocycles. The first kappa shape index (κ1) is 16.2. The maximum Gasteiger partial charge on any atom is 0.211 e. The van der Waals surface area contributed by atoms with Gasteiger partial charge in [-0.2, -0.15) is 0 Å². The zero-order valence-electron chi connectivity index (χ0n) is 12.6. The second-order valence-corrected chi connectivity index (χ2v) is 8.17. The van der Waals surface area contributed by atoms with Gasteiger partial charge in [0.15, 0.2) is 0 Å². The second-order valence-electron chi connectivity index (χ2n) is 6.24. The molecule has 0 radical (unpaired) electrons. The largest absolute Gasteiger partial charge is 0.317 e. The molecule has 1 atom stereocenters. The number of sulfonamides is 1. The summed E-state index contributed by atoms with van der Waals surface area (Å²) in [6, 6.07) is 0.311. The van der Waals surface area contributed by atoms with Crippen LogP contribution in [-0.4, -0.2) is 57.8 Å². The lowest BCUT2D eigenvalue weighted by Crippen LogP contribution is -2.41. The molecular weight excluding hydrogens is 274 g/mol. The number of rotatable bonds is 7. The third-order valence-electron chi connectivity index (χ3n) is 4.62. The number of nitrogens with one attached hydrogen (secondary N) is 2. The van der Waals surface area contributed by atoms with Crippen LogP contribution < -0.4 is 10.0 Å². The Hall–Kier alpha value is -0.170. The molecule has 6 heteroatoms. The maximum atomic E-state index is 12.0. The number of piperidine rings is 1. The molecule has 1 unspecified atom stereocenters. The lowest BCUT2D eigenvalue weighted by molar-refractivity contribution is 0.259. The Kier molecular flexibility index (Phi) is 6.26. The highest BCUT2D eigenvalue weighted by Crippen LogP contribution is 2.16. The smallest absolute Gasteiger partial charge is 0.211 e. The van der Waals surface area contributed by atoms with Gasteiger partial charge in [-0.3, -0.25) is 4.90 Å². The first-order valence-electron chi connectivity index (χ1n) is 7.99. The van der Waals surface area contributed by atoms with Crippen molar-refractivity contribution in [2.24, 2.45) is 5.92 Å². The van der Waals surface area contributed by atoms with Gasteiger partial charge in [0.2, 0.25) is 10.0 Å². The van der Waals surface area contributed by atoms with E-state index in [9.17, 15) is 8.42 Å². The Morgan fingerprint density at radius 1 is 1.25 bits per heavy atom. The van der Waals surface area contributed by atoms with E-state index >= 15 is 0 Å². The number of hydrogen-bond donors (Lipinski definition) is 2. The fraction of sp³-hybridized carbons (Fsp3) is 1.00. The van der Waals surface area contributed by atoms with Crippen LogP contribution in [0, 0.1) is 5.92 Å². The van der Waals surface area contributed by atoms with Crippen LogP contribution in [0.4, 0.5) is 0 Å². The molecule has 20 heavy (non-hydrogen) atoms. The fourth-order valence-electron chi connectivity index (χ4n) is 3.12. The lowest BCUT2D eigenvalue weighted by Gasteiger charge is -2.25. The van der Waals surface area contributed by atoms with Crippen molar-refractivity contribution in [3.8, 4) is 0 Å². The van der Waals surface area contributed by atoms with Crippen LogP contribution in [0.15, 0.2) is 0 Å². The van der Waals surface area contributed by atoms with Crippen molar-refractivity contribution in [2.75, 3.05) is 38.5 Å². The molecule has 118 valence electrons. The van der Waals surface area contributed by atoms with Gasteiger partial charge in [0, 0.05) is 12.6 Å². The van der Waals surface area contributed by atoms with Gasteiger partial charge in [-0.25, -0.2) is 13.1 Å². The first-order chi connectivity index (χ1) is 9.57. The number of nitrogens with zero attached hydrogens (tertiary/aromatic N) is 1. The summed E-state index contributed by atoms with van der Waals surface area (Å²) in [6.45, 7) is 6.94. The zero-order chi connectivity index (χ0) is 14.4. The average Bonchev–Trinajstić information content (AvgIpc) is 2.98. The van der Waals surface area contributed by atoms with Crippen molar-refractivity contribution < 1.29 is 8.42 Å². The van der Waals surface area contributed by atoms with Gasteiger partial charge in [-0.1, -0.05) is 0 Å². The molecule has 2 aliphatic rings. The summed E-state index contributed by atoms with van der Waals surface area (Å²) in [4.78, 5) is 2.37. The maximum absolute atomic E-state index is 12.0. The monoisotopic (exact) mass is 303 g/mol. The predicted molar refractivity (Wildman–Crippen MR) is 82.3 cm³/mol. The third kappa shape index (κ3) is 5.31. The molecule has 2 heterocycles. The van der Waals surface area contributed by atoms with Crippen molar-refractivity contribution in [2.45, 2.75) is 45.1 Å². The van der Waals surface area contributed by atoms with Crippen LogP contribution in [0.2, 0.25) is 0 Å². The summed E-state index contributed by atoms with van der Waals surface area (Å²) in [5, 5.41) is 3.31. The van der Waals surface area contributed by atoms with Crippen molar-refractivity contribution in [1.29, 1.82) is 0 Å². The Labute approximate surface area is 123 Å². The van der Waals surface area contributed by atoms with E-state index in [4.69, 9.17) is 0 Å². The zero-order valence-corrected chi connectivity index (χ0v) is 13.4. The molecule has 2 rings (SSSR count). The van der Waals surface area contributed by atoms with Gasteiger partial charge < -0.3 is 5.32 Å². The summed E-state index contributed by atoms with van der Waals surface area (Å²) in [7, 11) is -3.10. The molecule has 0 bridgehead atoms. The van der Waals surface area contributed by atoms with E-state index in [1.54, 1.807) is 0 Å². The van der Waals surface area contributed by atoms with Crippen LogP contribution in [0.1, 0.15) is 39.0 Å². The van der Waals surface area contributed by atoms with E-state index in [0.717, 1.165) is 45.4 Å². The highest BCUT2D eigenvalue weighted by molar-refractivity contribution is 7.89. The van der Waals surface area contributed by atoms with E-state index in [0.29, 0.717) is 18.5 Å². The highest BCUT2D eigenvalue weighted by atomic mass is 32.2. The molecular formula is C14H29N3O2S. The molecule has 0 amide bonds.